The molecule has 1 fully saturated rings. The normalized spacial score (nSPS) is 15.5. The van der Waals surface area contributed by atoms with Gasteiger partial charge in [0.05, 0.1) is 16.9 Å². The minimum atomic E-state index is 0.614. The molecule has 0 spiro atoms. The number of nitriles is 1. The summed E-state index contributed by atoms with van der Waals surface area (Å²) in [6.45, 7) is 13.1. The molecule has 2 heterocycles. The van der Waals surface area contributed by atoms with E-state index in [0.717, 1.165) is 61.8 Å². The Morgan fingerprint density at radius 3 is 2.50 bits per heavy atom. The Labute approximate surface area is 156 Å². The van der Waals surface area contributed by atoms with Gasteiger partial charge in [0.1, 0.15) is 11.8 Å². The summed E-state index contributed by atoms with van der Waals surface area (Å²) < 4.78 is 5.28. The predicted molar refractivity (Wildman–Crippen MR) is 103 cm³/mol. The molecule has 26 heavy (non-hydrogen) atoms. The fourth-order valence-electron chi connectivity index (χ4n) is 3.63. The lowest BCUT2D eigenvalue weighted by Gasteiger charge is -2.36. The molecule has 138 valence electrons. The number of hydrogen-bond acceptors (Lipinski definition) is 5. The van der Waals surface area contributed by atoms with Gasteiger partial charge >= 0.3 is 0 Å². The molecule has 0 bridgehead atoms. The second-order valence-electron chi connectivity index (χ2n) is 7.63. The van der Waals surface area contributed by atoms with Crippen LogP contribution in [0.15, 0.2) is 22.7 Å². The molecule has 2 aromatic rings. The highest BCUT2D eigenvalue weighted by Crippen LogP contribution is 2.25. The monoisotopic (exact) mass is 352 g/mol. The van der Waals surface area contributed by atoms with Crippen molar-refractivity contribution >= 4 is 5.69 Å². The van der Waals surface area contributed by atoms with Crippen LogP contribution in [0.1, 0.15) is 42.0 Å². The van der Waals surface area contributed by atoms with Crippen LogP contribution in [0, 0.1) is 31.1 Å². The van der Waals surface area contributed by atoms with Gasteiger partial charge in [-0.3, -0.25) is 4.90 Å². The third-order valence-corrected chi connectivity index (χ3v) is 5.10. The van der Waals surface area contributed by atoms with E-state index in [4.69, 9.17) is 4.52 Å². The van der Waals surface area contributed by atoms with Gasteiger partial charge in [-0.25, -0.2) is 0 Å². The molecule has 0 aliphatic carbocycles. The first kappa shape index (κ1) is 18.5. The zero-order chi connectivity index (χ0) is 18.7. The summed E-state index contributed by atoms with van der Waals surface area (Å²) in [4.78, 5) is 4.79. The summed E-state index contributed by atoms with van der Waals surface area (Å²) in [6.07, 6.45) is 1.05. The molecule has 0 unspecified atom stereocenters. The second kappa shape index (κ2) is 7.92. The van der Waals surface area contributed by atoms with E-state index in [0.29, 0.717) is 5.92 Å². The number of piperazine rings is 1. The first-order valence-electron chi connectivity index (χ1n) is 9.40. The van der Waals surface area contributed by atoms with E-state index in [2.05, 4.69) is 47.0 Å². The summed E-state index contributed by atoms with van der Waals surface area (Å²) in [5.41, 5.74) is 5.36. The van der Waals surface area contributed by atoms with E-state index in [-0.39, 0.29) is 0 Å². The lowest BCUT2D eigenvalue weighted by molar-refractivity contribution is 0.248. The van der Waals surface area contributed by atoms with Crippen LogP contribution in [0.5, 0.6) is 0 Å². The number of benzene rings is 1. The van der Waals surface area contributed by atoms with Gasteiger partial charge in [0.15, 0.2) is 0 Å². The largest absolute Gasteiger partial charge is 0.368 e. The van der Waals surface area contributed by atoms with E-state index < -0.39 is 0 Å². The van der Waals surface area contributed by atoms with Crippen molar-refractivity contribution < 1.29 is 4.52 Å². The summed E-state index contributed by atoms with van der Waals surface area (Å²) in [5, 5.41) is 13.6. The maximum atomic E-state index is 9.50. The number of nitrogens with zero attached hydrogens (tertiary/aromatic N) is 4. The van der Waals surface area contributed by atoms with Gasteiger partial charge in [0.25, 0.3) is 0 Å². The average Bonchev–Trinajstić information content (AvgIpc) is 2.94. The summed E-state index contributed by atoms with van der Waals surface area (Å²) in [7, 11) is 0. The first-order valence-corrected chi connectivity index (χ1v) is 9.40. The number of aryl methyl sites for hydroxylation is 2. The molecule has 5 nitrogen and oxygen atoms in total. The van der Waals surface area contributed by atoms with Crippen molar-refractivity contribution in [1.29, 1.82) is 5.26 Å². The maximum Gasteiger partial charge on any atom is 0.138 e. The topological polar surface area (TPSA) is 56.3 Å². The van der Waals surface area contributed by atoms with Crippen LogP contribution in [-0.4, -0.2) is 36.2 Å². The zero-order valence-corrected chi connectivity index (χ0v) is 16.2. The molecule has 1 aliphatic heterocycles. The molecule has 0 atom stereocenters. The molecule has 0 saturated carbocycles. The lowest BCUT2D eigenvalue weighted by atomic mass is 10.00. The smallest absolute Gasteiger partial charge is 0.138 e. The highest BCUT2D eigenvalue weighted by atomic mass is 16.5. The van der Waals surface area contributed by atoms with E-state index in [1.54, 1.807) is 0 Å². The quantitative estimate of drug-likeness (QED) is 0.821. The van der Waals surface area contributed by atoms with E-state index in [1.165, 1.54) is 11.1 Å². The van der Waals surface area contributed by atoms with Crippen molar-refractivity contribution in [1.82, 2.24) is 10.1 Å². The standard InChI is InChI=1S/C21H28N4O/c1-15(2)11-18-5-6-19(13-22)21(12-18)25-9-7-24(8-10-25)14-20-16(3)23-26-17(20)4/h5-6,12,15H,7-11,14H2,1-4H3. The molecule has 0 amide bonds. The van der Waals surface area contributed by atoms with Crippen molar-refractivity contribution in [2.75, 3.05) is 31.1 Å². The SMILES string of the molecule is Cc1noc(C)c1CN1CCN(c2cc(CC(C)C)ccc2C#N)CC1. The molecule has 3 rings (SSSR count). The Morgan fingerprint density at radius 1 is 1.19 bits per heavy atom. The Balaban J connectivity index is 1.68. The van der Waals surface area contributed by atoms with E-state index >= 15 is 0 Å². The molecule has 1 saturated heterocycles. The van der Waals surface area contributed by atoms with E-state index in [1.807, 2.05) is 19.9 Å². The van der Waals surface area contributed by atoms with Gasteiger partial charge in [-0.05, 0) is 43.9 Å². The molecule has 5 heteroatoms. The molecular formula is C21H28N4O. The van der Waals surface area contributed by atoms with Gasteiger partial charge < -0.3 is 9.42 Å². The Hall–Kier alpha value is -2.32. The fraction of sp³-hybridized carbons (Fsp3) is 0.524. The predicted octanol–water partition coefficient (Wildman–Crippen LogP) is 3.68. The van der Waals surface area contributed by atoms with Gasteiger partial charge in [-0.15, -0.1) is 0 Å². The summed E-state index contributed by atoms with van der Waals surface area (Å²) >= 11 is 0. The van der Waals surface area contributed by atoms with Crippen LogP contribution >= 0.6 is 0 Å². The lowest BCUT2D eigenvalue weighted by Crippen LogP contribution is -2.46. The number of aromatic nitrogens is 1. The third kappa shape index (κ3) is 4.08. The van der Waals surface area contributed by atoms with Crippen LogP contribution < -0.4 is 4.90 Å². The summed E-state index contributed by atoms with van der Waals surface area (Å²) in [6, 6.07) is 8.64. The maximum absolute atomic E-state index is 9.50. The van der Waals surface area contributed by atoms with Gasteiger partial charge in [0, 0.05) is 38.3 Å². The van der Waals surface area contributed by atoms with E-state index in [9.17, 15) is 5.26 Å². The molecule has 1 aromatic heterocycles. The third-order valence-electron chi connectivity index (χ3n) is 5.10. The van der Waals surface area contributed by atoms with Crippen molar-refractivity contribution in [2.24, 2.45) is 5.92 Å². The van der Waals surface area contributed by atoms with Gasteiger partial charge in [-0.2, -0.15) is 5.26 Å². The van der Waals surface area contributed by atoms with Crippen LogP contribution in [0.4, 0.5) is 5.69 Å². The Morgan fingerprint density at radius 2 is 1.92 bits per heavy atom. The molecule has 0 N–H and O–H groups in total. The van der Waals surface area contributed by atoms with Crippen LogP contribution in [0.2, 0.25) is 0 Å². The highest BCUT2D eigenvalue weighted by molar-refractivity contribution is 5.61. The Kier molecular flexibility index (Phi) is 5.63. The van der Waals surface area contributed by atoms with Crippen molar-refractivity contribution in [3.63, 3.8) is 0 Å². The van der Waals surface area contributed by atoms with Gasteiger partial charge in [0.2, 0.25) is 0 Å². The minimum absolute atomic E-state index is 0.614. The van der Waals surface area contributed by atoms with Crippen molar-refractivity contribution in [2.45, 2.75) is 40.7 Å². The number of anilines is 1. The van der Waals surface area contributed by atoms with Crippen molar-refractivity contribution in [3.8, 4) is 6.07 Å². The zero-order valence-electron chi connectivity index (χ0n) is 16.2. The minimum Gasteiger partial charge on any atom is -0.368 e. The van der Waals surface area contributed by atoms with Crippen LogP contribution in [0.25, 0.3) is 0 Å². The van der Waals surface area contributed by atoms with Gasteiger partial charge in [-0.1, -0.05) is 25.1 Å². The molecular weight excluding hydrogens is 324 g/mol. The molecule has 0 radical (unpaired) electrons. The summed E-state index contributed by atoms with van der Waals surface area (Å²) in [5.74, 6) is 1.53. The second-order valence-corrected chi connectivity index (χ2v) is 7.63. The number of rotatable bonds is 5. The average molecular weight is 352 g/mol. The first-order chi connectivity index (χ1) is 12.5. The Bertz CT molecular complexity index is 775. The molecule has 1 aliphatic rings. The van der Waals surface area contributed by atoms with Crippen molar-refractivity contribution in [3.05, 3.63) is 46.3 Å². The molecule has 1 aromatic carbocycles. The fourth-order valence-corrected chi connectivity index (χ4v) is 3.63. The number of hydrogen-bond donors (Lipinski definition) is 0. The van der Waals surface area contributed by atoms with Crippen LogP contribution in [-0.2, 0) is 13.0 Å². The van der Waals surface area contributed by atoms with Crippen LogP contribution in [0.3, 0.4) is 0 Å². The highest BCUT2D eigenvalue weighted by Gasteiger charge is 2.22.